The van der Waals surface area contributed by atoms with Gasteiger partial charge < -0.3 is 0 Å². The Morgan fingerprint density at radius 3 is 2.16 bits per heavy atom. The molecule has 0 radical (unpaired) electrons. The van der Waals surface area contributed by atoms with Crippen LogP contribution in [0, 0.1) is 19.7 Å². The minimum absolute atomic E-state index is 0.0135. The van der Waals surface area contributed by atoms with E-state index in [0.29, 0.717) is 0 Å². The van der Waals surface area contributed by atoms with E-state index in [0.717, 1.165) is 12.0 Å². The molecule has 0 fully saturated rings. The fourth-order valence-electron chi connectivity index (χ4n) is 2.34. The minimum atomic E-state index is -0.230. The van der Waals surface area contributed by atoms with Crippen molar-refractivity contribution in [2.45, 2.75) is 26.3 Å². The maximum atomic E-state index is 13.0. The summed E-state index contributed by atoms with van der Waals surface area (Å²) in [5, 5.41) is 0. The monoisotopic (exact) mass is 258 g/mol. The molecule has 100 valence electrons. The highest BCUT2D eigenvalue weighted by atomic mass is 19.1. The number of aryl methyl sites for hydroxylation is 2. The van der Waals surface area contributed by atoms with Gasteiger partial charge in [-0.2, -0.15) is 0 Å². The number of nitrogens with one attached hydrogen (secondary N) is 1. The Labute approximate surface area is 113 Å². The molecule has 3 N–H and O–H groups in total. The molecular weight excluding hydrogens is 239 g/mol. The lowest BCUT2D eigenvalue weighted by Gasteiger charge is -2.19. The quantitative estimate of drug-likeness (QED) is 0.653. The fraction of sp³-hybridized carbons (Fsp3) is 0.250. The van der Waals surface area contributed by atoms with Crippen LogP contribution in [0.3, 0.4) is 0 Å². The highest BCUT2D eigenvalue weighted by molar-refractivity contribution is 5.35. The molecule has 0 aromatic heterocycles. The van der Waals surface area contributed by atoms with Gasteiger partial charge in [-0.15, -0.1) is 0 Å². The van der Waals surface area contributed by atoms with Crippen molar-refractivity contribution in [1.29, 1.82) is 0 Å². The summed E-state index contributed by atoms with van der Waals surface area (Å²) >= 11 is 0. The summed E-state index contributed by atoms with van der Waals surface area (Å²) in [6.07, 6.45) is 0.792. The zero-order chi connectivity index (χ0) is 13.8. The highest BCUT2D eigenvalue weighted by Gasteiger charge is 2.13. The second kappa shape index (κ2) is 5.95. The maximum Gasteiger partial charge on any atom is 0.123 e. The van der Waals surface area contributed by atoms with Gasteiger partial charge in [0.2, 0.25) is 0 Å². The molecule has 2 aromatic rings. The fourth-order valence-corrected chi connectivity index (χ4v) is 2.34. The van der Waals surface area contributed by atoms with Crippen molar-refractivity contribution < 1.29 is 4.39 Å². The zero-order valence-corrected chi connectivity index (χ0v) is 11.3. The van der Waals surface area contributed by atoms with Gasteiger partial charge in [0, 0.05) is 0 Å². The van der Waals surface area contributed by atoms with E-state index in [-0.39, 0.29) is 11.9 Å². The zero-order valence-electron chi connectivity index (χ0n) is 11.3. The molecule has 0 bridgehead atoms. The van der Waals surface area contributed by atoms with Crippen LogP contribution in [0.1, 0.15) is 28.3 Å². The summed E-state index contributed by atoms with van der Waals surface area (Å²) in [6.45, 7) is 4.20. The lowest BCUT2D eigenvalue weighted by Crippen LogP contribution is -2.30. The van der Waals surface area contributed by atoms with Crippen molar-refractivity contribution in [2.75, 3.05) is 0 Å². The highest BCUT2D eigenvalue weighted by Crippen LogP contribution is 2.22. The van der Waals surface area contributed by atoms with Crippen LogP contribution >= 0.6 is 0 Å². The SMILES string of the molecule is Cc1cccc(C)c1CC(NN)c1ccc(F)cc1. The summed E-state index contributed by atoms with van der Waals surface area (Å²) in [5.74, 6) is 5.42. The molecule has 0 aliphatic carbocycles. The molecule has 19 heavy (non-hydrogen) atoms. The van der Waals surface area contributed by atoms with Crippen LogP contribution < -0.4 is 11.3 Å². The van der Waals surface area contributed by atoms with Crippen molar-refractivity contribution in [2.24, 2.45) is 5.84 Å². The Balaban J connectivity index is 2.26. The largest absolute Gasteiger partial charge is 0.271 e. The third-order valence-corrected chi connectivity index (χ3v) is 3.53. The second-order valence-corrected chi connectivity index (χ2v) is 4.85. The molecule has 2 aromatic carbocycles. The average Bonchev–Trinajstić information content (AvgIpc) is 2.40. The van der Waals surface area contributed by atoms with Gasteiger partial charge in [0.15, 0.2) is 0 Å². The number of halogens is 1. The lowest BCUT2D eigenvalue weighted by atomic mass is 9.93. The molecule has 1 atom stereocenters. The van der Waals surface area contributed by atoms with Crippen LogP contribution in [0.4, 0.5) is 4.39 Å². The lowest BCUT2D eigenvalue weighted by molar-refractivity contribution is 0.547. The Bertz CT molecular complexity index is 529. The molecule has 0 saturated carbocycles. The van der Waals surface area contributed by atoms with Gasteiger partial charge in [0.25, 0.3) is 0 Å². The Morgan fingerprint density at radius 2 is 1.63 bits per heavy atom. The first-order valence-electron chi connectivity index (χ1n) is 6.38. The smallest absolute Gasteiger partial charge is 0.123 e. The van der Waals surface area contributed by atoms with Gasteiger partial charge in [0.1, 0.15) is 5.82 Å². The summed E-state index contributed by atoms with van der Waals surface area (Å²) in [7, 11) is 0. The first-order chi connectivity index (χ1) is 9.11. The second-order valence-electron chi connectivity index (χ2n) is 4.85. The van der Waals surface area contributed by atoms with E-state index in [4.69, 9.17) is 5.84 Å². The van der Waals surface area contributed by atoms with Gasteiger partial charge in [0.05, 0.1) is 6.04 Å². The van der Waals surface area contributed by atoms with Crippen molar-refractivity contribution >= 4 is 0 Å². The normalized spacial score (nSPS) is 12.4. The molecule has 0 heterocycles. The predicted octanol–water partition coefficient (Wildman–Crippen LogP) is 3.19. The van der Waals surface area contributed by atoms with E-state index >= 15 is 0 Å². The van der Waals surface area contributed by atoms with Gasteiger partial charge >= 0.3 is 0 Å². The molecule has 2 nitrogen and oxygen atoms in total. The molecule has 3 heteroatoms. The predicted molar refractivity (Wildman–Crippen MR) is 76.1 cm³/mol. The van der Waals surface area contributed by atoms with Crippen molar-refractivity contribution in [3.63, 3.8) is 0 Å². The first kappa shape index (κ1) is 13.7. The number of hydrogen-bond acceptors (Lipinski definition) is 2. The third-order valence-electron chi connectivity index (χ3n) is 3.53. The number of nitrogens with two attached hydrogens (primary N) is 1. The first-order valence-corrected chi connectivity index (χ1v) is 6.38. The van der Waals surface area contributed by atoms with Crippen molar-refractivity contribution in [3.05, 3.63) is 70.5 Å². The standard InChI is InChI=1S/C16H19FN2/c1-11-4-3-5-12(2)15(11)10-16(19-18)13-6-8-14(17)9-7-13/h3-9,16,19H,10,18H2,1-2H3. The summed E-state index contributed by atoms with van der Waals surface area (Å²) in [6, 6.07) is 12.7. The summed E-state index contributed by atoms with van der Waals surface area (Å²) in [5.41, 5.74) is 7.60. The van der Waals surface area contributed by atoms with E-state index in [1.807, 2.05) is 0 Å². The molecule has 1 unspecified atom stereocenters. The average molecular weight is 258 g/mol. The Kier molecular flexibility index (Phi) is 4.30. The van der Waals surface area contributed by atoms with Crippen molar-refractivity contribution in [3.8, 4) is 0 Å². The maximum absolute atomic E-state index is 13.0. The van der Waals surface area contributed by atoms with Gasteiger partial charge in [-0.1, -0.05) is 30.3 Å². The van der Waals surface area contributed by atoms with Gasteiger partial charge in [-0.3, -0.25) is 11.3 Å². The third kappa shape index (κ3) is 3.19. The van der Waals surface area contributed by atoms with E-state index in [1.165, 1.54) is 28.8 Å². The topological polar surface area (TPSA) is 38.0 Å². The Hall–Kier alpha value is -1.71. The molecule has 0 amide bonds. The van der Waals surface area contributed by atoms with Crippen LogP contribution in [-0.2, 0) is 6.42 Å². The van der Waals surface area contributed by atoms with Gasteiger partial charge in [-0.25, -0.2) is 4.39 Å². The van der Waals surface area contributed by atoms with E-state index in [1.54, 1.807) is 12.1 Å². The van der Waals surface area contributed by atoms with E-state index < -0.39 is 0 Å². The molecule has 0 spiro atoms. The van der Waals surface area contributed by atoms with Crippen LogP contribution in [0.2, 0.25) is 0 Å². The van der Waals surface area contributed by atoms with E-state index in [9.17, 15) is 4.39 Å². The molecule has 2 rings (SSSR count). The molecule has 0 saturated heterocycles. The summed E-state index contributed by atoms with van der Waals surface area (Å²) < 4.78 is 13.0. The van der Waals surface area contributed by atoms with Crippen LogP contribution in [0.15, 0.2) is 42.5 Å². The Morgan fingerprint density at radius 1 is 1.05 bits per heavy atom. The number of hydrazine groups is 1. The van der Waals surface area contributed by atoms with Crippen LogP contribution in [0.25, 0.3) is 0 Å². The number of rotatable bonds is 4. The minimum Gasteiger partial charge on any atom is -0.271 e. The van der Waals surface area contributed by atoms with Crippen molar-refractivity contribution in [1.82, 2.24) is 5.43 Å². The van der Waals surface area contributed by atoms with Crippen LogP contribution in [0.5, 0.6) is 0 Å². The molecular formula is C16H19FN2. The molecule has 0 aliphatic rings. The van der Waals surface area contributed by atoms with Crippen LogP contribution in [-0.4, -0.2) is 0 Å². The number of benzene rings is 2. The van der Waals surface area contributed by atoms with E-state index in [2.05, 4.69) is 37.5 Å². The number of hydrogen-bond donors (Lipinski definition) is 2. The molecule has 0 aliphatic heterocycles. The summed E-state index contributed by atoms with van der Waals surface area (Å²) in [4.78, 5) is 0. The van der Waals surface area contributed by atoms with Gasteiger partial charge in [-0.05, 0) is 54.7 Å².